The minimum atomic E-state index is -0.222. The number of Topliss-reactive ketones (excluding diaryl/α,β-unsaturated/α-hetero) is 1. The number of nitrogens with zero attached hydrogens (tertiary/aromatic N) is 2. The normalized spacial score (nSPS) is 17.2. The highest BCUT2D eigenvalue weighted by Crippen LogP contribution is 2.16. The van der Waals surface area contributed by atoms with Crippen molar-refractivity contribution in [3.8, 4) is 5.75 Å². The molecule has 1 fully saturated rings. The average Bonchev–Trinajstić information content (AvgIpc) is 3.07. The van der Waals surface area contributed by atoms with Crippen molar-refractivity contribution in [2.24, 2.45) is 0 Å². The SMILES string of the molecule is CC(=O)c1cccc(OCc2cc(C(=O)N3CCC(=O)NC[C@@H]3C)n[nH]2)c1. The standard InChI is InChI=1S/C19H22N4O4/c1-12-10-20-18(25)6-7-23(12)19(26)17-9-15(21-22-17)11-27-16-5-3-4-14(8-16)13(2)24/h3-5,8-9,12H,6-7,10-11H2,1-2H3,(H,20,25)(H,21,22)/t12-/m0/s1. The van der Waals surface area contributed by atoms with Crippen LogP contribution in [0.1, 0.15) is 46.8 Å². The summed E-state index contributed by atoms with van der Waals surface area (Å²) in [5.74, 6) is 0.256. The van der Waals surface area contributed by atoms with E-state index in [9.17, 15) is 14.4 Å². The maximum Gasteiger partial charge on any atom is 0.274 e. The van der Waals surface area contributed by atoms with Crippen molar-refractivity contribution in [1.29, 1.82) is 0 Å². The molecule has 1 atom stereocenters. The van der Waals surface area contributed by atoms with Gasteiger partial charge >= 0.3 is 0 Å². The van der Waals surface area contributed by atoms with Gasteiger partial charge in [-0.25, -0.2) is 0 Å². The Bertz CT molecular complexity index is 861. The molecule has 2 aromatic rings. The lowest BCUT2D eigenvalue weighted by Crippen LogP contribution is -2.42. The van der Waals surface area contributed by atoms with E-state index in [1.807, 2.05) is 6.92 Å². The number of H-pyrrole nitrogens is 1. The monoisotopic (exact) mass is 370 g/mol. The van der Waals surface area contributed by atoms with Crippen molar-refractivity contribution >= 4 is 17.6 Å². The van der Waals surface area contributed by atoms with Crippen molar-refractivity contribution in [2.75, 3.05) is 13.1 Å². The van der Waals surface area contributed by atoms with Crippen LogP contribution in [-0.2, 0) is 11.4 Å². The van der Waals surface area contributed by atoms with Crippen LogP contribution in [0, 0.1) is 0 Å². The Morgan fingerprint density at radius 3 is 2.93 bits per heavy atom. The Hall–Kier alpha value is -3.16. The van der Waals surface area contributed by atoms with Crippen molar-refractivity contribution in [1.82, 2.24) is 20.4 Å². The zero-order chi connectivity index (χ0) is 19.4. The first-order chi connectivity index (χ1) is 12.9. The molecule has 1 aliphatic heterocycles. The van der Waals surface area contributed by atoms with Crippen molar-refractivity contribution in [3.05, 3.63) is 47.3 Å². The smallest absolute Gasteiger partial charge is 0.274 e. The summed E-state index contributed by atoms with van der Waals surface area (Å²) in [6.07, 6.45) is 0.281. The molecule has 1 saturated heterocycles. The number of carbonyl (C=O) groups is 3. The van der Waals surface area contributed by atoms with Crippen molar-refractivity contribution < 1.29 is 19.1 Å². The predicted molar refractivity (Wildman–Crippen MR) is 97.5 cm³/mol. The van der Waals surface area contributed by atoms with Gasteiger partial charge in [0.25, 0.3) is 5.91 Å². The summed E-state index contributed by atoms with van der Waals surface area (Å²) in [4.78, 5) is 37.3. The number of ketones is 1. The van der Waals surface area contributed by atoms with Gasteiger partial charge in [0, 0.05) is 31.1 Å². The second kappa shape index (κ2) is 8.03. The van der Waals surface area contributed by atoms with E-state index in [1.165, 1.54) is 6.92 Å². The summed E-state index contributed by atoms with van der Waals surface area (Å²) >= 11 is 0. The Morgan fingerprint density at radius 1 is 1.33 bits per heavy atom. The Labute approximate surface area is 156 Å². The first kappa shape index (κ1) is 18.6. The summed E-state index contributed by atoms with van der Waals surface area (Å²) in [5, 5.41) is 9.66. The fraction of sp³-hybridized carbons (Fsp3) is 0.368. The van der Waals surface area contributed by atoms with E-state index in [0.717, 1.165) is 0 Å². The molecule has 0 saturated carbocycles. The van der Waals surface area contributed by atoms with Gasteiger partial charge in [0.15, 0.2) is 11.5 Å². The van der Waals surface area contributed by atoms with Crippen LogP contribution in [0.15, 0.2) is 30.3 Å². The number of aromatic nitrogens is 2. The minimum absolute atomic E-state index is 0.0329. The highest BCUT2D eigenvalue weighted by Gasteiger charge is 2.26. The largest absolute Gasteiger partial charge is 0.487 e. The maximum atomic E-state index is 12.7. The summed E-state index contributed by atoms with van der Waals surface area (Å²) in [6.45, 7) is 4.37. The zero-order valence-corrected chi connectivity index (χ0v) is 15.3. The van der Waals surface area contributed by atoms with Crippen molar-refractivity contribution in [3.63, 3.8) is 0 Å². The number of hydrogen-bond acceptors (Lipinski definition) is 5. The first-order valence-electron chi connectivity index (χ1n) is 8.80. The molecule has 1 aromatic heterocycles. The molecule has 0 spiro atoms. The molecule has 1 aromatic carbocycles. The number of benzene rings is 1. The molecular weight excluding hydrogens is 348 g/mol. The summed E-state index contributed by atoms with van der Waals surface area (Å²) < 4.78 is 5.67. The fourth-order valence-electron chi connectivity index (χ4n) is 2.86. The van der Waals surface area contributed by atoms with Crippen LogP contribution in [0.5, 0.6) is 5.75 Å². The molecule has 2 N–H and O–H groups in total. The predicted octanol–water partition coefficient (Wildman–Crippen LogP) is 1.54. The van der Waals surface area contributed by atoms with E-state index in [0.29, 0.717) is 30.1 Å². The summed E-state index contributed by atoms with van der Waals surface area (Å²) in [6, 6.07) is 8.46. The van der Waals surface area contributed by atoms with Gasteiger partial charge in [-0.15, -0.1) is 0 Å². The van der Waals surface area contributed by atoms with Gasteiger partial charge in [-0.05, 0) is 32.0 Å². The second-order valence-corrected chi connectivity index (χ2v) is 6.55. The summed E-state index contributed by atoms with van der Waals surface area (Å²) in [5.41, 5.74) is 1.50. The Balaban J connectivity index is 1.64. The first-order valence-corrected chi connectivity index (χ1v) is 8.80. The van der Waals surface area contributed by atoms with Crippen LogP contribution in [0.25, 0.3) is 0 Å². The van der Waals surface area contributed by atoms with E-state index >= 15 is 0 Å². The molecule has 1 aliphatic rings. The molecule has 2 heterocycles. The number of hydrogen-bond donors (Lipinski definition) is 2. The van der Waals surface area contributed by atoms with Crippen LogP contribution >= 0.6 is 0 Å². The van der Waals surface area contributed by atoms with E-state index in [-0.39, 0.29) is 42.4 Å². The third kappa shape index (κ3) is 4.52. The number of aromatic amines is 1. The maximum absolute atomic E-state index is 12.7. The van der Waals surface area contributed by atoms with Gasteiger partial charge in [-0.1, -0.05) is 12.1 Å². The lowest BCUT2D eigenvalue weighted by atomic mass is 10.1. The lowest BCUT2D eigenvalue weighted by molar-refractivity contribution is -0.120. The van der Waals surface area contributed by atoms with Gasteiger partial charge in [0.1, 0.15) is 12.4 Å². The number of carbonyl (C=O) groups excluding carboxylic acids is 3. The molecule has 0 radical (unpaired) electrons. The number of amides is 2. The summed E-state index contributed by atoms with van der Waals surface area (Å²) in [7, 11) is 0. The van der Waals surface area contributed by atoms with Crippen LogP contribution in [0.2, 0.25) is 0 Å². The molecule has 8 heteroatoms. The van der Waals surface area contributed by atoms with Crippen molar-refractivity contribution in [2.45, 2.75) is 32.9 Å². The number of nitrogens with one attached hydrogen (secondary N) is 2. The van der Waals surface area contributed by atoms with Crippen LogP contribution in [0.4, 0.5) is 0 Å². The van der Waals surface area contributed by atoms with E-state index in [2.05, 4.69) is 15.5 Å². The van der Waals surface area contributed by atoms with Crippen LogP contribution < -0.4 is 10.1 Å². The fourth-order valence-corrected chi connectivity index (χ4v) is 2.86. The zero-order valence-electron chi connectivity index (χ0n) is 15.3. The van der Waals surface area contributed by atoms with Gasteiger partial charge < -0.3 is 15.0 Å². The Kier molecular flexibility index (Phi) is 5.54. The molecular formula is C19H22N4O4. The molecule has 2 amide bonds. The average molecular weight is 370 g/mol. The molecule has 0 bridgehead atoms. The molecule has 142 valence electrons. The lowest BCUT2D eigenvalue weighted by Gasteiger charge is -2.25. The number of ether oxygens (including phenoxy) is 1. The van der Waals surface area contributed by atoms with E-state index < -0.39 is 0 Å². The van der Waals surface area contributed by atoms with Gasteiger partial charge in [-0.2, -0.15) is 5.10 Å². The quantitative estimate of drug-likeness (QED) is 0.777. The topological polar surface area (TPSA) is 104 Å². The van der Waals surface area contributed by atoms with E-state index in [1.54, 1.807) is 35.2 Å². The third-order valence-electron chi connectivity index (χ3n) is 4.45. The van der Waals surface area contributed by atoms with Gasteiger partial charge in [0.05, 0.1) is 5.69 Å². The molecule has 8 nitrogen and oxygen atoms in total. The number of rotatable bonds is 5. The molecule has 0 aliphatic carbocycles. The van der Waals surface area contributed by atoms with E-state index in [4.69, 9.17) is 4.74 Å². The van der Waals surface area contributed by atoms with Gasteiger partial charge in [0.2, 0.25) is 5.91 Å². The minimum Gasteiger partial charge on any atom is -0.487 e. The van der Waals surface area contributed by atoms with Crippen LogP contribution in [0.3, 0.4) is 0 Å². The third-order valence-corrected chi connectivity index (χ3v) is 4.45. The van der Waals surface area contributed by atoms with Gasteiger partial charge in [-0.3, -0.25) is 19.5 Å². The molecule has 0 unspecified atom stereocenters. The highest BCUT2D eigenvalue weighted by molar-refractivity contribution is 5.94. The second-order valence-electron chi connectivity index (χ2n) is 6.55. The Morgan fingerprint density at radius 2 is 2.15 bits per heavy atom. The molecule has 27 heavy (non-hydrogen) atoms. The van der Waals surface area contributed by atoms with Crippen LogP contribution in [-0.4, -0.2) is 51.8 Å². The molecule has 3 rings (SSSR count). The highest BCUT2D eigenvalue weighted by atomic mass is 16.5.